The molecule has 0 amide bonds. The molecule has 194 valence electrons. The third-order valence-corrected chi connectivity index (χ3v) is 9.05. The molecule has 4 aliphatic rings. The van der Waals surface area contributed by atoms with Crippen LogP contribution in [0, 0.1) is 29.1 Å². The largest absolute Gasteiger partial charge is 0.461 e. The van der Waals surface area contributed by atoms with Crippen LogP contribution in [-0.4, -0.2) is 63.6 Å². The number of Topliss-reactive ketones (excluding diaryl/α,β-unsaturated/α-hetero) is 1. The molecule has 0 aromatic carbocycles. The fourth-order valence-corrected chi connectivity index (χ4v) is 6.85. The fourth-order valence-electron chi connectivity index (χ4n) is 6.85. The van der Waals surface area contributed by atoms with E-state index >= 15 is 0 Å². The SMILES string of the molecule is C/C=C(\C)C(=O)O[C@@H]1[C@H]2[C@@H]([C@@H](OC(C)=O)[C@@H](C)C(=O)[C@@]34C[C@H](C)[C@H](O)[C@]3(/C=C(/C)[C@H]1O)O4)C2(C)C. The number of hydrogen-bond acceptors (Lipinski definition) is 8. The molecule has 1 saturated heterocycles. The lowest BCUT2D eigenvalue weighted by Gasteiger charge is -2.28. The minimum Gasteiger partial charge on any atom is -0.461 e. The second-order valence-corrected chi connectivity index (χ2v) is 11.6. The van der Waals surface area contributed by atoms with Gasteiger partial charge in [-0.2, -0.15) is 0 Å². The summed E-state index contributed by atoms with van der Waals surface area (Å²) in [5.41, 5.74) is -2.11. The number of aliphatic hydroxyl groups is 2. The summed E-state index contributed by atoms with van der Waals surface area (Å²) < 4.78 is 17.7. The summed E-state index contributed by atoms with van der Waals surface area (Å²) in [5.74, 6) is -2.88. The van der Waals surface area contributed by atoms with E-state index in [2.05, 4.69) is 0 Å². The molecule has 10 atom stereocenters. The van der Waals surface area contributed by atoms with Crippen LogP contribution in [0.2, 0.25) is 0 Å². The maximum atomic E-state index is 13.9. The summed E-state index contributed by atoms with van der Waals surface area (Å²) in [4.78, 5) is 38.9. The number of aliphatic hydroxyl groups excluding tert-OH is 2. The van der Waals surface area contributed by atoms with E-state index in [1.165, 1.54) is 6.92 Å². The van der Waals surface area contributed by atoms with Gasteiger partial charge in [0.1, 0.15) is 18.3 Å². The third-order valence-electron chi connectivity index (χ3n) is 9.05. The van der Waals surface area contributed by atoms with Crippen molar-refractivity contribution in [2.45, 2.75) is 97.4 Å². The molecule has 2 N–H and O–H groups in total. The number of esters is 2. The summed E-state index contributed by atoms with van der Waals surface area (Å²) in [6, 6.07) is 0. The molecular formula is C27H38O8. The Morgan fingerprint density at radius 3 is 2.29 bits per heavy atom. The van der Waals surface area contributed by atoms with Gasteiger partial charge in [0.25, 0.3) is 0 Å². The van der Waals surface area contributed by atoms with E-state index in [1.807, 2.05) is 20.8 Å². The summed E-state index contributed by atoms with van der Waals surface area (Å²) in [7, 11) is 0. The van der Waals surface area contributed by atoms with Gasteiger partial charge in [-0.1, -0.05) is 33.8 Å². The predicted molar refractivity (Wildman–Crippen MR) is 126 cm³/mol. The molecule has 4 rings (SSSR count). The van der Waals surface area contributed by atoms with Crippen LogP contribution in [0.15, 0.2) is 23.3 Å². The molecule has 0 spiro atoms. The molecule has 0 bridgehead atoms. The average molecular weight is 491 g/mol. The van der Waals surface area contributed by atoms with Crippen LogP contribution in [0.1, 0.15) is 61.8 Å². The van der Waals surface area contributed by atoms with Gasteiger partial charge in [0.15, 0.2) is 17.0 Å². The van der Waals surface area contributed by atoms with Crippen molar-refractivity contribution in [3.63, 3.8) is 0 Å². The number of ketones is 1. The molecule has 3 fully saturated rings. The standard InChI is InChI=1S/C27H38O8/c1-9-12(2)24(32)34-21-18-17(25(18,7)8)20(33-16(6)28)15(5)23(31)27-11-14(4)22(30)26(27,35-27)10-13(3)19(21)29/h9-10,14-15,17-22,29-30H,11H2,1-8H3/b12-9+,13-10-/t14-,15+,17-,18+,19+,20-,21+,22-,26-,27-/m0/s1. The van der Waals surface area contributed by atoms with Gasteiger partial charge in [-0.05, 0) is 50.2 Å². The number of ether oxygens (including phenoxy) is 3. The Hall–Kier alpha value is -2.03. The minimum atomic E-state index is -1.26. The highest BCUT2D eigenvalue weighted by Crippen LogP contribution is 2.68. The Labute approximate surface area is 206 Å². The van der Waals surface area contributed by atoms with E-state index in [4.69, 9.17) is 14.2 Å². The molecule has 2 saturated carbocycles. The number of fused-ring (bicyclic) bond motifs is 1. The number of hydrogen-bond donors (Lipinski definition) is 2. The van der Waals surface area contributed by atoms with Gasteiger partial charge < -0.3 is 24.4 Å². The average Bonchev–Trinajstić information content (AvgIpc) is 3.58. The van der Waals surface area contributed by atoms with E-state index in [0.29, 0.717) is 17.6 Å². The highest BCUT2D eigenvalue weighted by Gasteiger charge is 2.82. The first-order valence-corrected chi connectivity index (χ1v) is 12.5. The van der Waals surface area contributed by atoms with Gasteiger partial charge in [0.2, 0.25) is 0 Å². The zero-order valence-corrected chi connectivity index (χ0v) is 21.8. The topological polar surface area (TPSA) is 123 Å². The number of epoxide rings is 1. The van der Waals surface area contributed by atoms with Crippen LogP contribution in [0.4, 0.5) is 0 Å². The van der Waals surface area contributed by atoms with Crippen LogP contribution in [0.3, 0.4) is 0 Å². The first kappa shape index (κ1) is 26.0. The second-order valence-electron chi connectivity index (χ2n) is 11.6. The Morgan fingerprint density at radius 2 is 1.71 bits per heavy atom. The van der Waals surface area contributed by atoms with Crippen LogP contribution < -0.4 is 0 Å². The predicted octanol–water partition coefficient (Wildman–Crippen LogP) is 2.50. The first-order valence-electron chi connectivity index (χ1n) is 12.5. The van der Waals surface area contributed by atoms with E-state index in [1.54, 1.807) is 39.8 Å². The zero-order valence-electron chi connectivity index (χ0n) is 21.8. The number of carbonyl (C=O) groups excluding carboxylic acids is 3. The van der Waals surface area contributed by atoms with Crippen molar-refractivity contribution in [2.75, 3.05) is 0 Å². The lowest BCUT2D eigenvalue weighted by atomic mass is 9.80. The summed E-state index contributed by atoms with van der Waals surface area (Å²) >= 11 is 0. The van der Waals surface area contributed by atoms with E-state index in [-0.39, 0.29) is 23.5 Å². The van der Waals surface area contributed by atoms with Crippen LogP contribution >= 0.6 is 0 Å². The number of allylic oxidation sites excluding steroid dienone is 1. The second kappa shape index (κ2) is 8.25. The number of rotatable bonds is 3. The Bertz CT molecular complexity index is 1010. The van der Waals surface area contributed by atoms with Gasteiger partial charge >= 0.3 is 11.9 Å². The van der Waals surface area contributed by atoms with Gasteiger partial charge in [-0.25, -0.2) is 4.79 Å². The zero-order chi connectivity index (χ0) is 26.2. The van der Waals surface area contributed by atoms with Gasteiger partial charge in [-0.15, -0.1) is 0 Å². The molecule has 0 aromatic heterocycles. The summed E-state index contributed by atoms with van der Waals surface area (Å²) in [5, 5.41) is 22.5. The van der Waals surface area contributed by atoms with Crippen LogP contribution in [-0.2, 0) is 28.6 Å². The maximum absolute atomic E-state index is 13.9. The highest BCUT2D eigenvalue weighted by molar-refractivity contribution is 5.96. The van der Waals surface area contributed by atoms with Crippen LogP contribution in [0.5, 0.6) is 0 Å². The minimum absolute atomic E-state index is 0.202. The molecule has 0 radical (unpaired) electrons. The molecule has 1 heterocycles. The molecule has 8 heteroatoms. The lowest BCUT2D eigenvalue weighted by molar-refractivity contribution is -0.157. The van der Waals surface area contributed by atoms with Crippen molar-refractivity contribution >= 4 is 17.7 Å². The van der Waals surface area contributed by atoms with Crippen molar-refractivity contribution in [3.05, 3.63) is 23.3 Å². The third kappa shape index (κ3) is 3.63. The molecule has 1 aliphatic heterocycles. The van der Waals surface area contributed by atoms with Gasteiger partial charge in [-0.3, -0.25) is 9.59 Å². The van der Waals surface area contributed by atoms with Gasteiger partial charge in [0.05, 0.1) is 12.0 Å². The van der Waals surface area contributed by atoms with Crippen molar-refractivity contribution in [1.82, 2.24) is 0 Å². The Morgan fingerprint density at radius 1 is 1.11 bits per heavy atom. The quantitative estimate of drug-likeness (QED) is 0.268. The van der Waals surface area contributed by atoms with Crippen molar-refractivity contribution < 1.29 is 38.8 Å². The van der Waals surface area contributed by atoms with Crippen molar-refractivity contribution in [2.24, 2.45) is 29.1 Å². The molecule has 8 nitrogen and oxygen atoms in total. The molecular weight excluding hydrogens is 452 g/mol. The highest BCUT2D eigenvalue weighted by atomic mass is 16.7. The van der Waals surface area contributed by atoms with E-state index < -0.39 is 58.9 Å². The first-order chi connectivity index (χ1) is 16.2. The maximum Gasteiger partial charge on any atom is 0.333 e. The Balaban J connectivity index is 1.85. The smallest absolute Gasteiger partial charge is 0.333 e. The fraction of sp³-hybridized carbons (Fsp3) is 0.741. The number of carbonyl (C=O) groups is 3. The lowest BCUT2D eigenvalue weighted by Crippen LogP contribution is -2.43. The Kier molecular flexibility index (Phi) is 6.14. The monoisotopic (exact) mass is 490 g/mol. The molecule has 35 heavy (non-hydrogen) atoms. The van der Waals surface area contributed by atoms with Gasteiger partial charge in [0, 0.05) is 24.3 Å². The summed E-state index contributed by atoms with van der Waals surface area (Å²) in [6.45, 7) is 13.9. The van der Waals surface area contributed by atoms with E-state index in [0.717, 1.165) is 0 Å². The summed E-state index contributed by atoms with van der Waals surface area (Å²) in [6.07, 6.45) is -0.241. The van der Waals surface area contributed by atoms with Crippen molar-refractivity contribution in [1.29, 1.82) is 0 Å². The van der Waals surface area contributed by atoms with E-state index in [9.17, 15) is 24.6 Å². The van der Waals surface area contributed by atoms with Crippen molar-refractivity contribution in [3.8, 4) is 0 Å². The van der Waals surface area contributed by atoms with Crippen LogP contribution in [0.25, 0.3) is 0 Å². The molecule has 3 aliphatic carbocycles. The normalized spacial score (nSPS) is 47.8. The molecule has 0 unspecified atom stereocenters. The molecule has 0 aromatic rings.